The second-order valence-electron chi connectivity index (χ2n) is 7.64. The molecule has 0 aliphatic carbocycles. The Morgan fingerprint density at radius 2 is 1.32 bits per heavy atom. The van der Waals surface area contributed by atoms with Crippen molar-refractivity contribution in [2.75, 3.05) is 0 Å². The van der Waals surface area contributed by atoms with Crippen LogP contribution >= 0.6 is 0 Å². The summed E-state index contributed by atoms with van der Waals surface area (Å²) >= 11 is 0. The minimum absolute atomic E-state index is 0.547. The fourth-order valence-electron chi connectivity index (χ4n) is 3.90. The number of benzene rings is 4. The zero-order valence-electron chi connectivity index (χ0n) is 16.1. The molecule has 0 amide bonds. The number of para-hydroxylation sites is 2. The van der Waals surface area contributed by atoms with Gasteiger partial charge in [0, 0.05) is 16.3 Å². The van der Waals surface area contributed by atoms with Gasteiger partial charge in [0.15, 0.2) is 0 Å². The Kier molecular flexibility index (Phi) is 4.02. The van der Waals surface area contributed by atoms with Crippen LogP contribution in [-0.2, 0) is 0 Å². The Labute approximate surface area is 165 Å². The third kappa shape index (κ3) is 2.80. The first kappa shape index (κ1) is 16.8. The van der Waals surface area contributed by atoms with Crippen molar-refractivity contribution in [3.8, 4) is 22.3 Å². The van der Waals surface area contributed by atoms with E-state index < -0.39 is 0 Å². The lowest BCUT2D eigenvalue weighted by Gasteiger charge is -2.09. The molecule has 0 N–H and O–H groups in total. The summed E-state index contributed by atoms with van der Waals surface area (Å²) in [6.07, 6.45) is 0. The van der Waals surface area contributed by atoms with Crippen molar-refractivity contribution >= 4 is 21.9 Å². The van der Waals surface area contributed by atoms with E-state index in [4.69, 9.17) is 4.42 Å². The first-order chi connectivity index (χ1) is 13.7. The van der Waals surface area contributed by atoms with Crippen LogP contribution < -0.4 is 0 Å². The summed E-state index contributed by atoms with van der Waals surface area (Å²) in [7, 11) is 0. The second-order valence-corrected chi connectivity index (χ2v) is 7.64. The van der Waals surface area contributed by atoms with Crippen molar-refractivity contribution in [3.63, 3.8) is 0 Å². The quantitative estimate of drug-likeness (QED) is 0.316. The molecule has 1 nitrogen and oxygen atoms in total. The minimum Gasteiger partial charge on any atom is -0.455 e. The van der Waals surface area contributed by atoms with E-state index in [-0.39, 0.29) is 0 Å². The Bertz CT molecular complexity index is 1270. The molecule has 1 heteroatoms. The highest BCUT2D eigenvalue weighted by atomic mass is 16.3. The monoisotopic (exact) mass is 362 g/mol. The van der Waals surface area contributed by atoms with Crippen LogP contribution in [0.2, 0.25) is 0 Å². The molecule has 0 aliphatic heterocycles. The van der Waals surface area contributed by atoms with Crippen molar-refractivity contribution < 1.29 is 4.42 Å². The first-order valence-corrected chi connectivity index (χ1v) is 9.82. The van der Waals surface area contributed by atoms with Crippen molar-refractivity contribution in [2.45, 2.75) is 19.8 Å². The normalized spacial score (nSPS) is 11.5. The standard InChI is InChI=1S/C27H22O/c1-18(2)19-13-15-20(16-14-19)21-7-5-8-22(17-21)23-10-6-11-25-24-9-3-4-12-26(24)28-27(23)25/h3-18H,1-2H3. The van der Waals surface area contributed by atoms with Gasteiger partial charge in [-0.1, -0.05) is 92.7 Å². The molecule has 1 aromatic heterocycles. The molecule has 0 aliphatic rings. The summed E-state index contributed by atoms with van der Waals surface area (Å²) < 4.78 is 6.23. The number of rotatable bonds is 3. The largest absolute Gasteiger partial charge is 0.455 e. The van der Waals surface area contributed by atoms with Gasteiger partial charge in [-0.3, -0.25) is 0 Å². The molecule has 0 atom stereocenters. The Morgan fingerprint density at radius 3 is 2.14 bits per heavy atom. The van der Waals surface area contributed by atoms with Gasteiger partial charge in [-0.25, -0.2) is 0 Å². The summed E-state index contributed by atoms with van der Waals surface area (Å²) in [4.78, 5) is 0. The molecule has 0 saturated carbocycles. The van der Waals surface area contributed by atoms with E-state index in [2.05, 4.69) is 92.7 Å². The molecule has 0 radical (unpaired) electrons. The van der Waals surface area contributed by atoms with Crippen molar-refractivity contribution in [3.05, 3.63) is 96.6 Å². The number of fused-ring (bicyclic) bond motifs is 3. The van der Waals surface area contributed by atoms with Crippen molar-refractivity contribution in [1.82, 2.24) is 0 Å². The predicted molar refractivity (Wildman–Crippen MR) is 119 cm³/mol. The van der Waals surface area contributed by atoms with Crippen LogP contribution in [0.3, 0.4) is 0 Å². The zero-order valence-corrected chi connectivity index (χ0v) is 16.1. The lowest BCUT2D eigenvalue weighted by Crippen LogP contribution is -1.87. The molecule has 1 heterocycles. The van der Waals surface area contributed by atoms with Crippen LogP contribution in [0.25, 0.3) is 44.2 Å². The zero-order chi connectivity index (χ0) is 19.1. The van der Waals surface area contributed by atoms with Crippen molar-refractivity contribution in [1.29, 1.82) is 0 Å². The summed E-state index contributed by atoms with van der Waals surface area (Å²) in [5, 5.41) is 2.33. The van der Waals surface area contributed by atoms with Crippen LogP contribution in [0.1, 0.15) is 25.3 Å². The smallest absolute Gasteiger partial charge is 0.143 e. The van der Waals surface area contributed by atoms with Gasteiger partial charge < -0.3 is 4.42 Å². The Morgan fingerprint density at radius 1 is 0.607 bits per heavy atom. The molecule has 0 fully saturated rings. The van der Waals surface area contributed by atoms with Gasteiger partial charge >= 0.3 is 0 Å². The highest BCUT2D eigenvalue weighted by molar-refractivity contribution is 6.09. The maximum atomic E-state index is 6.23. The Balaban J connectivity index is 1.63. The Hall–Kier alpha value is -3.32. The van der Waals surface area contributed by atoms with Gasteiger partial charge in [-0.2, -0.15) is 0 Å². The van der Waals surface area contributed by atoms with Crippen LogP contribution in [0.15, 0.2) is 95.4 Å². The molecule has 0 unspecified atom stereocenters. The minimum atomic E-state index is 0.547. The summed E-state index contributed by atoms with van der Waals surface area (Å²) in [6, 6.07) is 32.2. The molecule has 0 bridgehead atoms. The van der Waals surface area contributed by atoms with E-state index in [1.165, 1.54) is 33.0 Å². The van der Waals surface area contributed by atoms with E-state index in [1.54, 1.807) is 0 Å². The second kappa shape index (κ2) is 6.69. The molecule has 28 heavy (non-hydrogen) atoms. The average molecular weight is 362 g/mol. The van der Waals surface area contributed by atoms with E-state index in [1.807, 2.05) is 12.1 Å². The van der Waals surface area contributed by atoms with Crippen LogP contribution in [0.5, 0.6) is 0 Å². The summed E-state index contributed by atoms with van der Waals surface area (Å²) in [5.74, 6) is 0.547. The first-order valence-electron chi connectivity index (χ1n) is 9.82. The van der Waals surface area contributed by atoms with Crippen LogP contribution in [0.4, 0.5) is 0 Å². The van der Waals surface area contributed by atoms with Crippen molar-refractivity contribution in [2.24, 2.45) is 0 Å². The van der Waals surface area contributed by atoms with E-state index in [9.17, 15) is 0 Å². The molecule has 5 aromatic rings. The fraction of sp³-hybridized carbons (Fsp3) is 0.111. The van der Waals surface area contributed by atoms with Gasteiger partial charge in [-0.15, -0.1) is 0 Å². The molecule has 0 saturated heterocycles. The molecule has 5 rings (SSSR count). The van der Waals surface area contributed by atoms with Crippen LogP contribution in [0, 0.1) is 0 Å². The maximum Gasteiger partial charge on any atom is 0.143 e. The highest BCUT2D eigenvalue weighted by Crippen LogP contribution is 2.36. The molecule has 0 spiro atoms. The van der Waals surface area contributed by atoms with Gasteiger partial charge in [0.05, 0.1) is 0 Å². The van der Waals surface area contributed by atoms with Gasteiger partial charge in [0.2, 0.25) is 0 Å². The highest BCUT2D eigenvalue weighted by Gasteiger charge is 2.12. The molecular weight excluding hydrogens is 340 g/mol. The van der Waals surface area contributed by atoms with Crippen LogP contribution in [-0.4, -0.2) is 0 Å². The predicted octanol–water partition coefficient (Wildman–Crippen LogP) is 8.04. The van der Waals surface area contributed by atoms with E-state index in [0.29, 0.717) is 5.92 Å². The molecular formula is C27H22O. The number of hydrogen-bond donors (Lipinski definition) is 0. The maximum absolute atomic E-state index is 6.23. The SMILES string of the molecule is CC(C)c1ccc(-c2cccc(-c3cccc4c3oc3ccccc34)c2)cc1. The molecule has 136 valence electrons. The average Bonchev–Trinajstić information content (AvgIpc) is 3.13. The topological polar surface area (TPSA) is 13.1 Å². The lowest BCUT2D eigenvalue weighted by molar-refractivity contribution is 0.670. The third-order valence-corrected chi connectivity index (χ3v) is 5.49. The summed E-state index contributed by atoms with van der Waals surface area (Å²) in [5.41, 5.74) is 8.03. The molecule has 4 aromatic carbocycles. The van der Waals surface area contributed by atoms with Gasteiger partial charge in [0.25, 0.3) is 0 Å². The van der Waals surface area contributed by atoms with E-state index in [0.717, 1.165) is 16.7 Å². The summed E-state index contributed by atoms with van der Waals surface area (Å²) in [6.45, 7) is 4.45. The number of furan rings is 1. The fourth-order valence-corrected chi connectivity index (χ4v) is 3.90. The van der Waals surface area contributed by atoms with Gasteiger partial charge in [-0.05, 0) is 40.3 Å². The third-order valence-electron chi connectivity index (χ3n) is 5.49. The number of hydrogen-bond acceptors (Lipinski definition) is 1. The van der Waals surface area contributed by atoms with E-state index >= 15 is 0 Å². The lowest BCUT2D eigenvalue weighted by atomic mass is 9.96. The van der Waals surface area contributed by atoms with Gasteiger partial charge in [0.1, 0.15) is 11.2 Å².